The Morgan fingerprint density at radius 2 is 2.00 bits per heavy atom. The Balaban J connectivity index is 1.53. The zero-order chi connectivity index (χ0) is 15.9. The third kappa shape index (κ3) is 2.27. The van der Waals surface area contributed by atoms with Crippen LogP contribution in [0.1, 0.15) is 35.7 Å². The third-order valence-corrected chi connectivity index (χ3v) is 5.39. The first-order valence-corrected chi connectivity index (χ1v) is 8.03. The van der Waals surface area contributed by atoms with Gasteiger partial charge in [-0.05, 0) is 41.9 Å². The molecule has 0 saturated carbocycles. The number of rotatable bonds is 1. The van der Waals surface area contributed by atoms with Crippen molar-refractivity contribution in [2.45, 2.75) is 25.3 Å². The molecular weight excluding hydrogens is 286 g/mol. The Morgan fingerprint density at radius 3 is 2.74 bits per heavy atom. The fraction of sp³-hybridized carbons (Fsp3) is 0.389. The van der Waals surface area contributed by atoms with Crippen LogP contribution in [-0.4, -0.2) is 23.1 Å². The quantitative estimate of drug-likeness (QED) is 0.873. The predicted molar refractivity (Wildman–Crippen MR) is 87.7 cm³/mol. The largest absolute Gasteiger partial charge is 0.341 e. The normalized spacial score (nSPS) is 21.9. The number of hydrogen-bond acceptors (Lipinski definition) is 5. The predicted octanol–water partition coefficient (Wildman–Crippen LogP) is 2.19. The van der Waals surface area contributed by atoms with E-state index in [1.54, 1.807) is 12.3 Å². The van der Waals surface area contributed by atoms with Gasteiger partial charge in [0.1, 0.15) is 11.8 Å². The van der Waals surface area contributed by atoms with Crippen LogP contribution in [-0.2, 0) is 6.42 Å². The average molecular weight is 305 g/mol. The summed E-state index contributed by atoms with van der Waals surface area (Å²) in [5.41, 5.74) is 9.88. The van der Waals surface area contributed by atoms with Gasteiger partial charge in [0.25, 0.3) is 0 Å². The number of piperidine rings is 1. The number of hydrogen-bond donors (Lipinski definition) is 1. The molecule has 0 bridgehead atoms. The lowest BCUT2D eigenvalue weighted by Gasteiger charge is -2.42. The summed E-state index contributed by atoms with van der Waals surface area (Å²) in [6.07, 6.45) is 4.78. The second-order valence-corrected chi connectivity index (χ2v) is 6.56. The maximum atomic E-state index is 8.99. The van der Waals surface area contributed by atoms with Gasteiger partial charge in [0.05, 0.1) is 0 Å². The summed E-state index contributed by atoms with van der Waals surface area (Å²) in [6, 6.07) is 12.4. The highest BCUT2D eigenvalue weighted by molar-refractivity contribution is 5.40. The van der Waals surface area contributed by atoms with Crippen molar-refractivity contribution in [1.29, 1.82) is 5.26 Å². The molecule has 0 amide bonds. The maximum absolute atomic E-state index is 8.99. The first-order chi connectivity index (χ1) is 11.2. The van der Waals surface area contributed by atoms with E-state index in [1.807, 2.05) is 0 Å². The molecule has 1 fully saturated rings. The van der Waals surface area contributed by atoms with Crippen molar-refractivity contribution in [3.05, 3.63) is 53.3 Å². The van der Waals surface area contributed by atoms with Gasteiger partial charge in [-0.1, -0.05) is 24.3 Å². The lowest BCUT2D eigenvalue weighted by atomic mass is 9.73. The molecule has 1 spiro atoms. The van der Waals surface area contributed by atoms with E-state index in [9.17, 15) is 0 Å². The summed E-state index contributed by atoms with van der Waals surface area (Å²) in [4.78, 5) is 10.8. The Kier molecular flexibility index (Phi) is 3.28. The molecule has 2 heterocycles. The molecule has 0 radical (unpaired) electrons. The molecule has 1 aromatic heterocycles. The summed E-state index contributed by atoms with van der Waals surface area (Å²) in [5, 5.41) is 8.99. The molecule has 1 aliphatic heterocycles. The van der Waals surface area contributed by atoms with E-state index in [4.69, 9.17) is 11.0 Å². The minimum atomic E-state index is 0.118. The molecule has 1 saturated heterocycles. The molecule has 5 nitrogen and oxygen atoms in total. The van der Waals surface area contributed by atoms with Crippen LogP contribution in [0.5, 0.6) is 0 Å². The van der Waals surface area contributed by atoms with Crippen LogP contribution in [0, 0.1) is 16.7 Å². The second kappa shape index (κ2) is 5.32. The van der Waals surface area contributed by atoms with E-state index in [2.05, 4.69) is 45.2 Å². The Labute approximate surface area is 135 Å². The SMILES string of the molecule is N#Cc1ccnc(N2CCC3(CC2)Cc2ccccc2[C@H]3N)n1. The van der Waals surface area contributed by atoms with E-state index < -0.39 is 0 Å². The first kappa shape index (κ1) is 14.2. The minimum absolute atomic E-state index is 0.118. The number of anilines is 1. The second-order valence-electron chi connectivity index (χ2n) is 6.56. The van der Waals surface area contributed by atoms with Gasteiger partial charge in [0.2, 0.25) is 5.95 Å². The molecule has 1 atom stereocenters. The van der Waals surface area contributed by atoms with Gasteiger partial charge < -0.3 is 10.6 Å². The number of nitriles is 1. The van der Waals surface area contributed by atoms with Gasteiger partial charge in [0, 0.05) is 25.3 Å². The minimum Gasteiger partial charge on any atom is -0.341 e. The van der Waals surface area contributed by atoms with Crippen molar-refractivity contribution in [1.82, 2.24) is 9.97 Å². The number of fused-ring (bicyclic) bond motifs is 1. The van der Waals surface area contributed by atoms with E-state index in [-0.39, 0.29) is 11.5 Å². The van der Waals surface area contributed by atoms with E-state index in [0.29, 0.717) is 11.6 Å². The summed E-state index contributed by atoms with van der Waals surface area (Å²) >= 11 is 0. The Hall–Kier alpha value is -2.45. The molecule has 5 heteroatoms. The number of nitrogens with two attached hydrogens (primary N) is 1. The fourth-order valence-electron chi connectivity index (χ4n) is 4.02. The van der Waals surface area contributed by atoms with Gasteiger partial charge in [-0.25, -0.2) is 9.97 Å². The van der Waals surface area contributed by atoms with Crippen molar-refractivity contribution >= 4 is 5.95 Å². The molecular formula is C18H19N5. The van der Waals surface area contributed by atoms with Gasteiger partial charge in [-0.15, -0.1) is 0 Å². The summed E-state index contributed by atoms with van der Waals surface area (Å²) in [7, 11) is 0. The van der Waals surface area contributed by atoms with Gasteiger partial charge in [-0.3, -0.25) is 0 Å². The van der Waals surface area contributed by atoms with Crippen LogP contribution in [0.2, 0.25) is 0 Å². The molecule has 2 aromatic rings. The van der Waals surface area contributed by atoms with Crippen LogP contribution in [0.15, 0.2) is 36.5 Å². The molecule has 116 valence electrons. The van der Waals surface area contributed by atoms with Crippen LogP contribution in [0.4, 0.5) is 5.95 Å². The fourth-order valence-corrected chi connectivity index (χ4v) is 4.02. The van der Waals surface area contributed by atoms with Crippen LogP contribution in [0.3, 0.4) is 0 Å². The molecule has 2 aliphatic rings. The van der Waals surface area contributed by atoms with Crippen molar-refractivity contribution < 1.29 is 0 Å². The number of benzene rings is 1. The Bertz CT molecular complexity index is 771. The van der Waals surface area contributed by atoms with Crippen LogP contribution >= 0.6 is 0 Å². The zero-order valence-corrected chi connectivity index (χ0v) is 12.9. The number of aromatic nitrogens is 2. The first-order valence-electron chi connectivity index (χ1n) is 8.03. The highest BCUT2D eigenvalue weighted by Crippen LogP contribution is 2.50. The average Bonchev–Trinajstić information content (AvgIpc) is 2.88. The maximum Gasteiger partial charge on any atom is 0.226 e. The van der Waals surface area contributed by atoms with E-state index in [1.165, 1.54) is 11.1 Å². The molecule has 2 N–H and O–H groups in total. The molecule has 4 rings (SSSR count). The van der Waals surface area contributed by atoms with Crippen LogP contribution in [0.25, 0.3) is 0 Å². The van der Waals surface area contributed by atoms with Gasteiger partial charge >= 0.3 is 0 Å². The van der Waals surface area contributed by atoms with Crippen molar-refractivity contribution in [3.8, 4) is 6.07 Å². The monoisotopic (exact) mass is 305 g/mol. The highest BCUT2D eigenvalue weighted by atomic mass is 15.3. The van der Waals surface area contributed by atoms with Gasteiger partial charge in [-0.2, -0.15) is 5.26 Å². The molecule has 23 heavy (non-hydrogen) atoms. The van der Waals surface area contributed by atoms with Crippen molar-refractivity contribution in [2.24, 2.45) is 11.1 Å². The summed E-state index contributed by atoms with van der Waals surface area (Å²) in [6.45, 7) is 1.77. The summed E-state index contributed by atoms with van der Waals surface area (Å²) in [5.74, 6) is 0.656. The van der Waals surface area contributed by atoms with Gasteiger partial charge in [0.15, 0.2) is 0 Å². The lowest BCUT2D eigenvalue weighted by molar-refractivity contribution is 0.187. The standard InChI is InChI=1S/C18H19N5/c19-12-14-5-8-21-17(22-14)23-9-6-18(7-10-23)11-13-3-1-2-4-15(13)16(18)20/h1-5,8,16H,6-7,9-11,20H2/t16-/m1/s1. The summed E-state index contributed by atoms with van der Waals surface area (Å²) < 4.78 is 0. The number of nitrogens with zero attached hydrogens (tertiary/aromatic N) is 4. The molecule has 1 aromatic carbocycles. The van der Waals surface area contributed by atoms with Crippen molar-refractivity contribution in [2.75, 3.05) is 18.0 Å². The highest BCUT2D eigenvalue weighted by Gasteiger charge is 2.45. The lowest BCUT2D eigenvalue weighted by Crippen LogP contribution is -2.44. The molecule has 1 aliphatic carbocycles. The Morgan fingerprint density at radius 1 is 1.22 bits per heavy atom. The van der Waals surface area contributed by atoms with E-state index >= 15 is 0 Å². The van der Waals surface area contributed by atoms with Crippen molar-refractivity contribution in [3.63, 3.8) is 0 Å². The topological polar surface area (TPSA) is 78.8 Å². The van der Waals surface area contributed by atoms with E-state index in [0.717, 1.165) is 32.4 Å². The zero-order valence-electron chi connectivity index (χ0n) is 12.9. The third-order valence-electron chi connectivity index (χ3n) is 5.39. The molecule has 0 unspecified atom stereocenters. The van der Waals surface area contributed by atoms with Crippen LogP contribution < -0.4 is 10.6 Å². The smallest absolute Gasteiger partial charge is 0.226 e.